The average molecular weight is 337 g/mol. The average Bonchev–Trinajstić information content (AvgIpc) is 3.03. The van der Waals surface area contributed by atoms with Crippen LogP contribution >= 0.6 is 0 Å². The van der Waals surface area contributed by atoms with Crippen LogP contribution in [0.3, 0.4) is 0 Å². The summed E-state index contributed by atoms with van der Waals surface area (Å²) in [4.78, 5) is 4.19. The number of nitrogens with one attached hydrogen (secondary N) is 1. The van der Waals surface area contributed by atoms with Crippen molar-refractivity contribution in [3.05, 3.63) is 54.1 Å². The van der Waals surface area contributed by atoms with Crippen LogP contribution in [0.1, 0.15) is 17.2 Å². The third kappa shape index (κ3) is 3.30. The molecule has 1 N–H and O–H groups in total. The highest BCUT2D eigenvalue weighted by atomic mass is 19.4. The van der Waals surface area contributed by atoms with E-state index in [-0.39, 0.29) is 6.61 Å². The minimum atomic E-state index is -4.40. The second-order valence-electron chi connectivity index (χ2n) is 5.11. The van der Waals surface area contributed by atoms with Gasteiger partial charge in [0.15, 0.2) is 5.82 Å². The predicted molar refractivity (Wildman–Crippen MR) is 80.5 cm³/mol. The summed E-state index contributed by atoms with van der Waals surface area (Å²) in [5, 5.41) is 10.8. The number of benzene rings is 1. The number of anilines is 1. The molecule has 0 bridgehead atoms. The molecule has 0 fully saturated rings. The van der Waals surface area contributed by atoms with Crippen LogP contribution in [0, 0.1) is 0 Å². The maximum atomic E-state index is 12.9. The number of aromatic nitrogens is 4. The van der Waals surface area contributed by atoms with Gasteiger partial charge in [-0.1, -0.05) is 12.1 Å². The first kappa shape index (κ1) is 16.2. The molecule has 0 aliphatic heterocycles. The SMILES string of the molecule is COCC(Nc1nccn2cnnc12)c1cccc(C(F)(F)F)c1. The summed E-state index contributed by atoms with van der Waals surface area (Å²) < 4.78 is 45.6. The molecule has 2 aromatic heterocycles. The van der Waals surface area contributed by atoms with Crippen LogP contribution in [0.15, 0.2) is 43.0 Å². The Morgan fingerprint density at radius 1 is 1.33 bits per heavy atom. The number of hydrogen-bond donors (Lipinski definition) is 1. The first-order valence-corrected chi connectivity index (χ1v) is 7.06. The monoisotopic (exact) mass is 337 g/mol. The van der Waals surface area contributed by atoms with Gasteiger partial charge in [0, 0.05) is 19.5 Å². The van der Waals surface area contributed by atoms with Crippen LogP contribution in [0.4, 0.5) is 19.0 Å². The van der Waals surface area contributed by atoms with Gasteiger partial charge in [-0.15, -0.1) is 10.2 Å². The number of hydrogen-bond acceptors (Lipinski definition) is 5. The molecular weight excluding hydrogens is 323 g/mol. The summed E-state index contributed by atoms with van der Waals surface area (Å²) in [6.07, 6.45) is 0.335. The highest BCUT2D eigenvalue weighted by Gasteiger charge is 2.31. The van der Waals surface area contributed by atoms with Crippen LogP contribution in [-0.4, -0.2) is 33.3 Å². The molecule has 1 atom stereocenters. The second-order valence-corrected chi connectivity index (χ2v) is 5.11. The van der Waals surface area contributed by atoms with E-state index in [9.17, 15) is 13.2 Å². The topological polar surface area (TPSA) is 64.3 Å². The van der Waals surface area contributed by atoms with Gasteiger partial charge in [-0.2, -0.15) is 13.2 Å². The minimum absolute atomic E-state index is 0.165. The quantitative estimate of drug-likeness (QED) is 0.775. The zero-order valence-electron chi connectivity index (χ0n) is 12.7. The zero-order valence-corrected chi connectivity index (χ0v) is 12.7. The highest BCUT2D eigenvalue weighted by Crippen LogP contribution is 2.31. The maximum absolute atomic E-state index is 12.9. The Morgan fingerprint density at radius 2 is 2.17 bits per heavy atom. The summed E-state index contributed by atoms with van der Waals surface area (Å²) in [7, 11) is 1.48. The number of fused-ring (bicyclic) bond motifs is 1. The van der Waals surface area contributed by atoms with Gasteiger partial charge in [0.2, 0.25) is 5.65 Å². The number of nitrogens with zero attached hydrogens (tertiary/aromatic N) is 4. The van der Waals surface area contributed by atoms with E-state index in [2.05, 4.69) is 20.5 Å². The van der Waals surface area contributed by atoms with E-state index in [4.69, 9.17) is 4.74 Å². The number of halogens is 3. The van der Waals surface area contributed by atoms with Crippen molar-refractivity contribution >= 4 is 11.5 Å². The Hall–Kier alpha value is -2.68. The van der Waals surface area contributed by atoms with Crippen LogP contribution in [0.25, 0.3) is 5.65 Å². The lowest BCUT2D eigenvalue weighted by Crippen LogP contribution is -2.18. The molecule has 126 valence electrons. The standard InChI is InChI=1S/C15H14F3N5O/c1-24-8-12(10-3-2-4-11(7-10)15(16,17)18)21-13-14-22-20-9-23(14)6-5-19-13/h2-7,9,12H,8H2,1H3,(H,19,21). The van der Waals surface area contributed by atoms with Gasteiger partial charge in [-0.05, 0) is 17.7 Å². The van der Waals surface area contributed by atoms with Crippen LogP contribution in [-0.2, 0) is 10.9 Å². The molecule has 6 nitrogen and oxygen atoms in total. The number of ether oxygens (including phenoxy) is 1. The predicted octanol–water partition coefficient (Wildman–Crippen LogP) is 2.94. The molecule has 0 aliphatic carbocycles. The summed E-state index contributed by atoms with van der Waals surface area (Å²) in [5.74, 6) is 0.412. The molecular formula is C15H14F3N5O. The zero-order chi connectivity index (χ0) is 17.2. The van der Waals surface area contributed by atoms with Gasteiger partial charge in [-0.3, -0.25) is 4.40 Å². The molecule has 0 saturated heterocycles. The largest absolute Gasteiger partial charge is 0.416 e. The number of rotatable bonds is 5. The van der Waals surface area contributed by atoms with E-state index in [1.165, 1.54) is 19.5 Å². The molecule has 2 heterocycles. The lowest BCUT2D eigenvalue weighted by Gasteiger charge is -2.20. The van der Waals surface area contributed by atoms with Crippen molar-refractivity contribution < 1.29 is 17.9 Å². The second kappa shape index (κ2) is 6.44. The molecule has 0 amide bonds. The summed E-state index contributed by atoms with van der Waals surface area (Å²) >= 11 is 0. The molecule has 0 spiro atoms. The number of methoxy groups -OCH3 is 1. The Kier molecular flexibility index (Phi) is 4.34. The Balaban J connectivity index is 1.94. The van der Waals surface area contributed by atoms with Crippen molar-refractivity contribution in [3.8, 4) is 0 Å². The minimum Gasteiger partial charge on any atom is -0.382 e. The molecule has 0 aliphatic rings. The van der Waals surface area contributed by atoms with Crippen molar-refractivity contribution in [2.45, 2.75) is 12.2 Å². The molecule has 24 heavy (non-hydrogen) atoms. The van der Waals surface area contributed by atoms with Crippen molar-refractivity contribution in [2.24, 2.45) is 0 Å². The van der Waals surface area contributed by atoms with Gasteiger partial charge in [-0.25, -0.2) is 4.98 Å². The van der Waals surface area contributed by atoms with Gasteiger partial charge in [0.05, 0.1) is 18.2 Å². The number of alkyl halides is 3. The van der Waals surface area contributed by atoms with Crippen molar-refractivity contribution in [1.82, 2.24) is 19.6 Å². The fraction of sp³-hybridized carbons (Fsp3) is 0.267. The maximum Gasteiger partial charge on any atom is 0.416 e. The smallest absolute Gasteiger partial charge is 0.382 e. The Labute approximate surface area is 135 Å². The molecule has 9 heteroatoms. The van der Waals surface area contributed by atoms with Crippen molar-refractivity contribution in [3.63, 3.8) is 0 Å². The van der Waals surface area contributed by atoms with Gasteiger partial charge in [0.25, 0.3) is 0 Å². The first-order chi connectivity index (χ1) is 11.5. The van der Waals surface area contributed by atoms with E-state index in [0.717, 1.165) is 12.1 Å². The van der Waals surface area contributed by atoms with Crippen molar-refractivity contribution in [2.75, 3.05) is 19.0 Å². The highest BCUT2D eigenvalue weighted by molar-refractivity contribution is 5.62. The van der Waals surface area contributed by atoms with Gasteiger partial charge in [0.1, 0.15) is 6.33 Å². The summed E-state index contributed by atoms with van der Waals surface area (Å²) in [6, 6.07) is 4.59. The van der Waals surface area contributed by atoms with Crippen LogP contribution in [0.2, 0.25) is 0 Å². The molecule has 0 radical (unpaired) electrons. The summed E-state index contributed by atoms with van der Waals surface area (Å²) in [5.41, 5.74) is 0.206. The summed E-state index contributed by atoms with van der Waals surface area (Å²) in [6.45, 7) is 0.165. The van der Waals surface area contributed by atoms with E-state index in [0.29, 0.717) is 17.0 Å². The Morgan fingerprint density at radius 3 is 2.92 bits per heavy atom. The molecule has 0 saturated carbocycles. The van der Waals surface area contributed by atoms with Gasteiger partial charge < -0.3 is 10.1 Å². The first-order valence-electron chi connectivity index (χ1n) is 7.06. The molecule has 1 aromatic carbocycles. The van der Waals surface area contributed by atoms with E-state index in [1.807, 2.05) is 0 Å². The van der Waals surface area contributed by atoms with Crippen LogP contribution < -0.4 is 5.32 Å². The lowest BCUT2D eigenvalue weighted by molar-refractivity contribution is -0.137. The van der Waals surface area contributed by atoms with Crippen molar-refractivity contribution in [1.29, 1.82) is 0 Å². The fourth-order valence-corrected chi connectivity index (χ4v) is 2.35. The Bertz CT molecular complexity index is 833. The van der Waals surface area contributed by atoms with E-state index < -0.39 is 17.8 Å². The van der Waals surface area contributed by atoms with E-state index >= 15 is 0 Å². The lowest BCUT2D eigenvalue weighted by atomic mass is 10.0. The van der Waals surface area contributed by atoms with E-state index in [1.54, 1.807) is 22.9 Å². The molecule has 1 unspecified atom stereocenters. The van der Waals surface area contributed by atoms with Crippen LogP contribution in [0.5, 0.6) is 0 Å². The fourth-order valence-electron chi connectivity index (χ4n) is 2.35. The normalized spacial score (nSPS) is 13.2. The third-order valence-electron chi connectivity index (χ3n) is 3.48. The third-order valence-corrected chi connectivity index (χ3v) is 3.48. The molecule has 3 rings (SSSR count). The molecule has 3 aromatic rings. The van der Waals surface area contributed by atoms with Gasteiger partial charge >= 0.3 is 6.18 Å².